The van der Waals surface area contributed by atoms with Crippen LogP contribution in [0.25, 0.3) is 0 Å². The number of amides is 1. The fourth-order valence-electron chi connectivity index (χ4n) is 2.14. The number of esters is 1. The van der Waals surface area contributed by atoms with Crippen LogP contribution in [0.4, 0.5) is 4.79 Å². The van der Waals surface area contributed by atoms with Crippen molar-refractivity contribution in [3.8, 4) is 0 Å². The molecule has 0 bridgehead atoms. The molecule has 0 aromatic heterocycles. The zero-order valence-electron chi connectivity index (χ0n) is 16.3. The van der Waals surface area contributed by atoms with E-state index in [1.165, 1.54) is 0 Å². The lowest BCUT2D eigenvalue weighted by Gasteiger charge is -2.23. The van der Waals surface area contributed by atoms with Crippen LogP contribution in [0.1, 0.15) is 66.7 Å². The average molecular weight is 361 g/mol. The van der Waals surface area contributed by atoms with Crippen molar-refractivity contribution in [3.05, 3.63) is 0 Å². The van der Waals surface area contributed by atoms with Crippen molar-refractivity contribution in [3.63, 3.8) is 0 Å². The summed E-state index contributed by atoms with van der Waals surface area (Å²) in [7, 11) is 0. The summed E-state index contributed by atoms with van der Waals surface area (Å²) >= 11 is 0. The van der Waals surface area contributed by atoms with Gasteiger partial charge in [-0.05, 0) is 40.5 Å². The van der Waals surface area contributed by atoms with Crippen molar-refractivity contribution in [2.75, 3.05) is 19.8 Å². The van der Waals surface area contributed by atoms with Crippen LogP contribution in [0.3, 0.4) is 0 Å². The van der Waals surface area contributed by atoms with Gasteiger partial charge in [0, 0.05) is 19.6 Å². The Labute approximate surface area is 151 Å². The Morgan fingerprint density at radius 1 is 1.32 bits per heavy atom. The van der Waals surface area contributed by atoms with Gasteiger partial charge in [-0.1, -0.05) is 13.3 Å². The van der Waals surface area contributed by atoms with Gasteiger partial charge in [0.1, 0.15) is 11.7 Å². The minimum Gasteiger partial charge on any atom is -0.462 e. The molecule has 1 heterocycles. The molecular weight excluding hydrogens is 326 g/mol. The van der Waals surface area contributed by atoms with E-state index < -0.39 is 11.7 Å². The molecule has 148 valence electrons. The standard InChI is InChI=1S/C13H24O4.C5H11NO2/c1-3-4-7-16-12-5-8-15-9-6-13(14)17-11(2)10-12;1-5(2,3)8-4(6)7/h11-12H,3-10H2,1-2H3;1-3H3,(H2,6,7). The smallest absolute Gasteiger partial charge is 0.405 e. The lowest BCUT2D eigenvalue weighted by atomic mass is 10.1. The molecule has 1 aliphatic rings. The van der Waals surface area contributed by atoms with Gasteiger partial charge in [-0.15, -0.1) is 0 Å². The summed E-state index contributed by atoms with van der Waals surface area (Å²) in [5.41, 5.74) is 4.26. The molecule has 1 rings (SSSR count). The number of rotatable bonds is 4. The van der Waals surface area contributed by atoms with Gasteiger partial charge in [0.05, 0.1) is 19.1 Å². The first-order valence-corrected chi connectivity index (χ1v) is 9.01. The number of primary amides is 1. The zero-order chi connectivity index (χ0) is 19.3. The highest BCUT2D eigenvalue weighted by Crippen LogP contribution is 2.13. The number of unbranched alkanes of at least 4 members (excludes halogenated alkanes) is 1. The van der Waals surface area contributed by atoms with E-state index in [1.54, 1.807) is 20.8 Å². The van der Waals surface area contributed by atoms with Crippen LogP contribution in [-0.2, 0) is 23.7 Å². The van der Waals surface area contributed by atoms with E-state index in [2.05, 4.69) is 11.7 Å². The molecular formula is C18H35NO6. The first kappa shape index (κ1) is 23.7. The van der Waals surface area contributed by atoms with Gasteiger partial charge in [-0.3, -0.25) is 4.79 Å². The van der Waals surface area contributed by atoms with Crippen LogP contribution in [-0.4, -0.2) is 49.7 Å². The topological polar surface area (TPSA) is 97.1 Å². The van der Waals surface area contributed by atoms with Gasteiger partial charge in [0.25, 0.3) is 0 Å². The summed E-state index contributed by atoms with van der Waals surface area (Å²) in [5, 5.41) is 0. The predicted molar refractivity (Wildman–Crippen MR) is 95.3 cm³/mol. The molecule has 0 aromatic rings. The SMILES string of the molecule is CC(C)(C)OC(N)=O.CCCCOC1CCOCCC(=O)OC(C)C1. The van der Waals surface area contributed by atoms with E-state index in [9.17, 15) is 9.59 Å². The Bertz CT molecular complexity index is 378. The number of carbonyl (C=O) groups is 2. The fraction of sp³-hybridized carbons (Fsp3) is 0.889. The van der Waals surface area contributed by atoms with Gasteiger partial charge in [0.15, 0.2) is 0 Å². The Morgan fingerprint density at radius 2 is 2.00 bits per heavy atom. The predicted octanol–water partition coefficient (Wildman–Crippen LogP) is 3.18. The van der Waals surface area contributed by atoms with Crippen LogP contribution in [0.15, 0.2) is 0 Å². The Balaban J connectivity index is 0.000000609. The Hall–Kier alpha value is -1.34. The first-order chi connectivity index (χ1) is 11.6. The van der Waals surface area contributed by atoms with Crippen molar-refractivity contribution >= 4 is 12.1 Å². The maximum Gasteiger partial charge on any atom is 0.405 e. The molecule has 2 unspecified atom stereocenters. The minimum atomic E-state index is -0.725. The van der Waals surface area contributed by atoms with Crippen molar-refractivity contribution in [1.82, 2.24) is 0 Å². The van der Waals surface area contributed by atoms with Crippen LogP contribution in [0.2, 0.25) is 0 Å². The molecule has 0 spiro atoms. The highest BCUT2D eigenvalue weighted by atomic mass is 16.6. The first-order valence-electron chi connectivity index (χ1n) is 9.01. The third-order valence-corrected chi connectivity index (χ3v) is 3.22. The lowest BCUT2D eigenvalue weighted by Crippen LogP contribution is -2.27. The number of cyclic esters (lactones) is 1. The third-order valence-electron chi connectivity index (χ3n) is 3.22. The average Bonchev–Trinajstić information content (AvgIpc) is 2.44. The third kappa shape index (κ3) is 15.9. The molecule has 0 radical (unpaired) electrons. The zero-order valence-corrected chi connectivity index (χ0v) is 16.3. The Kier molecular flexibility index (Phi) is 12.2. The molecule has 1 amide bonds. The second-order valence-corrected chi connectivity index (χ2v) is 7.07. The van der Waals surface area contributed by atoms with Crippen molar-refractivity contribution in [1.29, 1.82) is 0 Å². The molecule has 2 atom stereocenters. The molecule has 0 aromatic carbocycles. The quantitative estimate of drug-likeness (QED) is 0.610. The summed E-state index contributed by atoms with van der Waals surface area (Å²) in [6.45, 7) is 11.2. The summed E-state index contributed by atoms with van der Waals surface area (Å²) in [6, 6.07) is 0. The molecule has 0 saturated carbocycles. The number of ether oxygens (including phenoxy) is 4. The maximum absolute atomic E-state index is 11.3. The number of hydrogen-bond acceptors (Lipinski definition) is 6. The molecule has 25 heavy (non-hydrogen) atoms. The van der Waals surface area contributed by atoms with Crippen molar-refractivity contribution in [2.45, 2.75) is 84.5 Å². The van der Waals surface area contributed by atoms with Gasteiger partial charge < -0.3 is 24.7 Å². The molecule has 7 nitrogen and oxygen atoms in total. The number of hydrogen-bond donors (Lipinski definition) is 1. The summed E-state index contributed by atoms with van der Waals surface area (Å²) < 4.78 is 21.0. The normalized spacial score (nSPS) is 22.2. The fourth-order valence-corrected chi connectivity index (χ4v) is 2.14. The van der Waals surface area contributed by atoms with E-state index in [4.69, 9.17) is 19.9 Å². The van der Waals surface area contributed by atoms with Gasteiger partial charge in [0.2, 0.25) is 0 Å². The summed E-state index contributed by atoms with van der Waals surface area (Å²) in [4.78, 5) is 21.4. The van der Waals surface area contributed by atoms with E-state index >= 15 is 0 Å². The molecule has 0 aliphatic carbocycles. The van der Waals surface area contributed by atoms with Crippen LogP contribution >= 0.6 is 0 Å². The lowest BCUT2D eigenvalue weighted by molar-refractivity contribution is -0.152. The van der Waals surface area contributed by atoms with Crippen LogP contribution in [0.5, 0.6) is 0 Å². The monoisotopic (exact) mass is 361 g/mol. The summed E-state index contributed by atoms with van der Waals surface area (Å²) in [6.07, 6.45) is 3.56. The molecule has 1 aliphatic heterocycles. The largest absolute Gasteiger partial charge is 0.462 e. The second kappa shape index (κ2) is 12.9. The van der Waals surface area contributed by atoms with Crippen LogP contribution in [0, 0.1) is 0 Å². The molecule has 2 N–H and O–H groups in total. The molecule has 1 fully saturated rings. The van der Waals surface area contributed by atoms with E-state index in [-0.39, 0.29) is 18.2 Å². The minimum absolute atomic E-state index is 0.0628. The van der Waals surface area contributed by atoms with E-state index in [0.29, 0.717) is 19.6 Å². The van der Waals surface area contributed by atoms with Gasteiger partial charge >= 0.3 is 12.1 Å². The van der Waals surface area contributed by atoms with Crippen molar-refractivity contribution < 1.29 is 28.5 Å². The van der Waals surface area contributed by atoms with Crippen molar-refractivity contribution in [2.24, 2.45) is 5.73 Å². The highest BCUT2D eigenvalue weighted by molar-refractivity contribution is 5.69. The number of carbonyl (C=O) groups excluding carboxylic acids is 2. The highest BCUT2D eigenvalue weighted by Gasteiger charge is 2.18. The Morgan fingerprint density at radius 3 is 2.52 bits per heavy atom. The van der Waals surface area contributed by atoms with Gasteiger partial charge in [-0.2, -0.15) is 0 Å². The summed E-state index contributed by atoms with van der Waals surface area (Å²) in [5.74, 6) is -0.174. The second-order valence-electron chi connectivity index (χ2n) is 7.07. The van der Waals surface area contributed by atoms with Gasteiger partial charge in [-0.25, -0.2) is 4.79 Å². The number of nitrogens with two attached hydrogens (primary N) is 1. The molecule has 7 heteroatoms. The van der Waals surface area contributed by atoms with E-state index in [0.717, 1.165) is 32.3 Å². The maximum atomic E-state index is 11.3. The molecule has 1 saturated heterocycles. The van der Waals surface area contributed by atoms with Crippen LogP contribution < -0.4 is 5.73 Å². The van der Waals surface area contributed by atoms with E-state index in [1.807, 2.05) is 6.92 Å².